The van der Waals surface area contributed by atoms with E-state index in [2.05, 4.69) is 31.2 Å². The monoisotopic (exact) mass is 433 g/mol. The van der Waals surface area contributed by atoms with Crippen LogP contribution in [0.5, 0.6) is 0 Å². The molecule has 0 saturated heterocycles. The molecule has 1 aromatic heterocycles. The standard InChI is InChI=1S/C16H24BrN3O4S/c1-16(2,3)15(21)20-14-13(17)19-12(9-18-14)10-6-5-7-11(8-10)24-25(4,22)23/h9-11H,5-8H2,1-4H3,(H,18,20,21)/t10-,11+/m1/s1. The largest absolute Gasteiger partial charge is 0.308 e. The molecule has 7 nitrogen and oxygen atoms in total. The predicted molar refractivity (Wildman–Crippen MR) is 98.7 cm³/mol. The van der Waals surface area contributed by atoms with Gasteiger partial charge < -0.3 is 5.32 Å². The number of hydrogen-bond acceptors (Lipinski definition) is 6. The van der Waals surface area contributed by atoms with Crippen LogP contribution in [-0.4, -0.2) is 36.7 Å². The van der Waals surface area contributed by atoms with E-state index in [1.807, 2.05) is 20.8 Å². The lowest BCUT2D eigenvalue weighted by atomic mass is 9.85. The second kappa shape index (κ2) is 7.67. The van der Waals surface area contributed by atoms with Crippen LogP contribution in [0.3, 0.4) is 0 Å². The summed E-state index contributed by atoms with van der Waals surface area (Å²) in [4.78, 5) is 20.9. The third-order valence-corrected chi connectivity index (χ3v) is 5.19. The highest BCUT2D eigenvalue weighted by Gasteiger charge is 2.28. The van der Waals surface area contributed by atoms with E-state index in [0.29, 0.717) is 16.8 Å². The highest BCUT2D eigenvalue weighted by Crippen LogP contribution is 2.35. The first-order valence-electron chi connectivity index (χ1n) is 8.18. The van der Waals surface area contributed by atoms with Gasteiger partial charge in [-0.1, -0.05) is 27.2 Å². The van der Waals surface area contributed by atoms with Crippen molar-refractivity contribution in [3.8, 4) is 0 Å². The van der Waals surface area contributed by atoms with Crippen LogP contribution >= 0.6 is 15.9 Å². The Balaban J connectivity index is 2.10. The van der Waals surface area contributed by atoms with Gasteiger partial charge in [0.1, 0.15) is 4.60 Å². The number of hydrogen-bond donors (Lipinski definition) is 1. The van der Waals surface area contributed by atoms with E-state index in [0.717, 1.165) is 31.2 Å². The fraction of sp³-hybridized carbons (Fsp3) is 0.688. The molecule has 0 unspecified atom stereocenters. The Morgan fingerprint density at radius 2 is 2.04 bits per heavy atom. The van der Waals surface area contributed by atoms with Crippen molar-refractivity contribution in [1.29, 1.82) is 0 Å². The molecule has 9 heteroatoms. The van der Waals surface area contributed by atoms with Crippen LogP contribution < -0.4 is 5.32 Å². The molecule has 140 valence electrons. The summed E-state index contributed by atoms with van der Waals surface area (Å²) < 4.78 is 28.3. The highest BCUT2D eigenvalue weighted by molar-refractivity contribution is 9.10. The predicted octanol–water partition coefficient (Wildman–Crippen LogP) is 3.23. The van der Waals surface area contributed by atoms with Crippen molar-refractivity contribution in [3.05, 3.63) is 16.5 Å². The summed E-state index contributed by atoms with van der Waals surface area (Å²) in [6.07, 6.45) is 5.45. The number of carbonyl (C=O) groups excluding carboxylic acids is 1. The highest BCUT2D eigenvalue weighted by atomic mass is 79.9. The molecule has 2 atom stereocenters. The van der Waals surface area contributed by atoms with Gasteiger partial charge in [-0.3, -0.25) is 8.98 Å². The molecule has 1 aliphatic rings. The summed E-state index contributed by atoms with van der Waals surface area (Å²) in [5, 5.41) is 2.76. The van der Waals surface area contributed by atoms with Crippen molar-refractivity contribution in [1.82, 2.24) is 9.97 Å². The smallest absolute Gasteiger partial charge is 0.264 e. The number of halogens is 1. The molecule has 2 rings (SSSR count). The molecule has 1 aliphatic carbocycles. The molecule has 0 aromatic carbocycles. The van der Waals surface area contributed by atoms with E-state index in [1.54, 1.807) is 6.20 Å². The van der Waals surface area contributed by atoms with Crippen LogP contribution in [0.15, 0.2) is 10.8 Å². The summed E-state index contributed by atoms with van der Waals surface area (Å²) in [6, 6.07) is 0. The summed E-state index contributed by atoms with van der Waals surface area (Å²) in [6.45, 7) is 5.46. The van der Waals surface area contributed by atoms with Gasteiger partial charge in [-0.05, 0) is 35.2 Å². The molecule has 1 fully saturated rings. The Kier molecular flexibility index (Phi) is 6.22. The molecule has 25 heavy (non-hydrogen) atoms. The minimum Gasteiger partial charge on any atom is -0.308 e. The molecular weight excluding hydrogens is 410 g/mol. The first-order valence-corrected chi connectivity index (χ1v) is 10.8. The molecule has 0 spiro atoms. The molecule has 1 aromatic rings. The van der Waals surface area contributed by atoms with Gasteiger partial charge in [0.05, 0.1) is 24.3 Å². The zero-order valence-corrected chi connectivity index (χ0v) is 17.3. The van der Waals surface area contributed by atoms with Gasteiger partial charge in [0.15, 0.2) is 5.82 Å². The normalized spacial score (nSPS) is 21.8. The quantitative estimate of drug-likeness (QED) is 0.731. The van der Waals surface area contributed by atoms with Crippen LogP contribution in [-0.2, 0) is 19.1 Å². The Bertz CT molecular complexity index is 746. The van der Waals surface area contributed by atoms with Crippen molar-refractivity contribution in [2.45, 2.75) is 58.5 Å². The maximum atomic E-state index is 12.1. The molecule has 1 N–H and O–H groups in total. The second-order valence-electron chi connectivity index (χ2n) is 7.42. The van der Waals surface area contributed by atoms with Gasteiger partial charge in [-0.25, -0.2) is 9.97 Å². The van der Waals surface area contributed by atoms with E-state index in [-0.39, 0.29) is 17.9 Å². The van der Waals surface area contributed by atoms with Gasteiger partial charge in [-0.2, -0.15) is 8.42 Å². The minimum absolute atomic E-state index is 0.0802. The third kappa shape index (κ3) is 6.00. The minimum atomic E-state index is -3.46. The zero-order valence-electron chi connectivity index (χ0n) is 14.9. The number of nitrogens with zero attached hydrogens (tertiary/aromatic N) is 2. The van der Waals surface area contributed by atoms with E-state index in [9.17, 15) is 13.2 Å². The Morgan fingerprint density at radius 1 is 1.36 bits per heavy atom. The maximum absolute atomic E-state index is 12.1. The molecule has 1 heterocycles. The Labute approximate surface area is 157 Å². The van der Waals surface area contributed by atoms with Gasteiger partial charge in [0.2, 0.25) is 5.91 Å². The van der Waals surface area contributed by atoms with Crippen LogP contribution in [0.25, 0.3) is 0 Å². The van der Waals surface area contributed by atoms with Crippen molar-refractivity contribution in [2.75, 3.05) is 11.6 Å². The number of carbonyl (C=O) groups is 1. The van der Waals surface area contributed by atoms with E-state index < -0.39 is 15.5 Å². The lowest BCUT2D eigenvalue weighted by molar-refractivity contribution is -0.123. The Hall–Kier alpha value is -1.06. The summed E-state index contributed by atoms with van der Waals surface area (Å²) >= 11 is 3.36. The van der Waals surface area contributed by atoms with Crippen LogP contribution in [0.2, 0.25) is 0 Å². The molecule has 1 saturated carbocycles. The van der Waals surface area contributed by atoms with Gasteiger partial charge >= 0.3 is 0 Å². The number of nitrogens with one attached hydrogen (secondary N) is 1. The average molecular weight is 434 g/mol. The fourth-order valence-electron chi connectivity index (χ4n) is 2.70. The fourth-order valence-corrected chi connectivity index (χ4v) is 3.78. The lowest BCUT2D eigenvalue weighted by Gasteiger charge is -2.28. The van der Waals surface area contributed by atoms with E-state index in [1.165, 1.54) is 0 Å². The van der Waals surface area contributed by atoms with Crippen LogP contribution in [0.1, 0.15) is 58.1 Å². The SMILES string of the molecule is CC(C)(C)C(=O)Nc1ncc([C@@H]2CCC[C@H](OS(C)(=O)=O)C2)nc1Br. The molecule has 0 bridgehead atoms. The summed E-state index contributed by atoms with van der Waals surface area (Å²) in [7, 11) is -3.46. The second-order valence-corrected chi connectivity index (χ2v) is 9.78. The van der Waals surface area contributed by atoms with Crippen molar-refractivity contribution in [2.24, 2.45) is 5.41 Å². The molecule has 0 radical (unpaired) electrons. The first kappa shape index (κ1) is 20.3. The topological polar surface area (TPSA) is 98.2 Å². The van der Waals surface area contributed by atoms with Crippen molar-refractivity contribution in [3.63, 3.8) is 0 Å². The number of rotatable bonds is 4. The van der Waals surface area contributed by atoms with Gasteiger partial charge in [-0.15, -0.1) is 0 Å². The maximum Gasteiger partial charge on any atom is 0.264 e. The molecular formula is C16H24BrN3O4S. The van der Waals surface area contributed by atoms with Crippen LogP contribution in [0, 0.1) is 5.41 Å². The van der Waals surface area contributed by atoms with E-state index >= 15 is 0 Å². The van der Waals surface area contributed by atoms with Crippen LogP contribution in [0.4, 0.5) is 5.82 Å². The summed E-state index contributed by atoms with van der Waals surface area (Å²) in [5.74, 6) is 0.314. The number of aromatic nitrogens is 2. The number of amides is 1. The van der Waals surface area contributed by atoms with Gasteiger partial charge in [0.25, 0.3) is 10.1 Å². The van der Waals surface area contributed by atoms with Crippen molar-refractivity contribution < 1.29 is 17.4 Å². The lowest BCUT2D eigenvalue weighted by Crippen LogP contribution is -2.28. The Morgan fingerprint density at radius 3 is 2.60 bits per heavy atom. The third-order valence-electron chi connectivity index (χ3n) is 4.02. The van der Waals surface area contributed by atoms with E-state index in [4.69, 9.17) is 4.18 Å². The van der Waals surface area contributed by atoms with Gasteiger partial charge in [0, 0.05) is 11.3 Å². The molecule has 0 aliphatic heterocycles. The average Bonchev–Trinajstić information content (AvgIpc) is 2.46. The number of anilines is 1. The first-order chi connectivity index (χ1) is 11.5. The molecule has 1 amide bonds. The zero-order chi connectivity index (χ0) is 18.8. The van der Waals surface area contributed by atoms with Crippen molar-refractivity contribution >= 4 is 37.8 Å². The summed E-state index contributed by atoms with van der Waals surface area (Å²) in [5.41, 5.74) is 0.238.